The van der Waals surface area contributed by atoms with E-state index < -0.39 is 54.0 Å². The van der Waals surface area contributed by atoms with Gasteiger partial charge in [-0.25, -0.2) is 14.4 Å². The maximum atomic E-state index is 12.7. The van der Waals surface area contributed by atoms with Crippen molar-refractivity contribution in [3.8, 4) is 0 Å². The molecule has 2 fully saturated rings. The van der Waals surface area contributed by atoms with Crippen LogP contribution in [0.4, 0.5) is 10.5 Å². The Morgan fingerprint density at radius 2 is 1.86 bits per heavy atom. The molecule has 0 saturated carbocycles. The number of rotatable bonds is 7. The van der Waals surface area contributed by atoms with Crippen molar-refractivity contribution in [2.45, 2.75) is 43.7 Å². The van der Waals surface area contributed by atoms with Crippen LogP contribution in [0.1, 0.15) is 30.6 Å². The van der Waals surface area contributed by atoms with E-state index in [1.165, 1.54) is 36.9 Å². The number of anilines is 1. The molecule has 3 aliphatic heterocycles. The number of ether oxygens (including phenoxy) is 1. The molecule has 1 aromatic carbocycles. The Morgan fingerprint density at radius 3 is 2.50 bits per heavy atom. The smallest absolute Gasteiger partial charge is 0.415 e. The first-order valence-electron chi connectivity index (χ1n) is 11.2. The summed E-state index contributed by atoms with van der Waals surface area (Å²) in [6.07, 6.45) is -1.47. The van der Waals surface area contributed by atoms with Crippen molar-refractivity contribution in [1.82, 2.24) is 10.2 Å². The average molecular weight is 520 g/mol. The van der Waals surface area contributed by atoms with Crippen LogP contribution in [0.15, 0.2) is 34.9 Å². The van der Waals surface area contributed by atoms with Gasteiger partial charge in [0.2, 0.25) is 5.91 Å². The fourth-order valence-electron chi connectivity index (χ4n) is 4.96. The molecule has 0 bridgehead atoms. The number of nitrogens with zero attached hydrogens (tertiary/aromatic N) is 1. The second kappa shape index (κ2) is 9.82. The van der Waals surface area contributed by atoms with Crippen molar-refractivity contribution in [3.63, 3.8) is 0 Å². The summed E-state index contributed by atoms with van der Waals surface area (Å²) in [4.78, 5) is 61.9. The number of carbonyl (C=O) groups is 5. The van der Waals surface area contributed by atoms with Gasteiger partial charge in [-0.3, -0.25) is 14.5 Å². The Kier molecular flexibility index (Phi) is 6.96. The van der Waals surface area contributed by atoms with E-state index in [1.54, 1.807) is 13.0 Å². The number of fused-ring (bicyclic) bond motifs is 1. The van der Waals surface area contributed by atoms with Crippen LogP contribution in [0.3, 0.4) is 0 Å². The lowest BCUT2D eigenvalue weighted by atomic mass is 9.86. The van der Waals surface area contributed by atoms with E-state index in [0.717, 1.165) is 4.90 Å². The molecule has 6 atom stereocenters. The molecule has 5 N–H and O–H groups in total. The normalized spacial score (nSPS) is 29.5. The topological polar surface area (TPSA) is 183 Å². The number of amides is 2. The van der Waals surface area contributed by atoms with Gasteiger partial charge in [-0.05, 0) is 31.5 Å². The summed E-state index contributed by atoms with van der Waals surface area (Å²) in [6, 6.07) is 4.34. The summed E-state index contributed by atoms with van der Waals surface area (Å²) in [6.45, 7) is 3.54. The number of benzene rings is 1. The highest BCUT2D eigenvalue weighted by Gasteiger charge is 2.56. The molecule has 0 radical (unpaired) electrons. The van der Waals surface area contributed by atoms with Gasteiger partial charge in [0.25, 0.3) is 0 Å². The minimum Gasteiger partial charge on any atom is -0.481 e. The molecule has 0 spiro atoms. The van der Waals surface area contributed by atoms with E-state index in [2.05, 4.69) is 10.6 Å². The van der Waals surface area contributed by atoms with Gasteiger partial charge in [0, 0.05) is 28.3 Å². The van der Waals surface area contributed by atoms with Crippen molar-refractivity contribution in [3.05, 3.63) is 40.4 Å². The molecule has 4 rings (SSSR count). The maximum Gasteiger partial charge on any atom is 0.415 e. The minimum atomic E-state index is -1.36. The molecule has 0 unspecified atom stereocenters. The zero-order valence-electron chi connectivity index (χ0n) is 19.3. The van der Waals surface area contributed by atoms with E-state index in [-0.39, 0.29) is 22.4 Å². The quantitative estimate of drug-likeness (QED) is 0.353. The lowest BCUT2D eigenvalue weighted by Crippen LogP contribution is -2.56. The van der Waals surface area contributed by atoms with Gasteiger partial charge in [-0.15, -0.1) is 11.8 Å². The molecule has 192 valence electrons. The van der Waals surface area contributed by atoms with Crippen LogP contribution < -0.4 is 10.6 Å². The Labute approximate surface area is 209 Å². The van der Waals surface area contributed by atoms with Crippen molar-refractivity contribution in [2.24, 2.45) is 11.8 Å². The van der Waals surface area contributed by atoms with Gasteiger partial charge in [0.1, 0.15) is 17.7 Å². The number of thioether (sulfide) groups is 1. The summed E-state index contributed by atoms with van der Waals surface area (Å²) in [5.41, 5.74) is 0.0781. The Hall–Kier alpha value is -3.58. The third-order valence-corrected chi connectivity index (χ3v) is 8.13. The Morgan fingerprint density at radius 1 is 1.14 bits per heavy atom. The number of carboxylic acid groups (broad SMARTS) is 3. The molecule has 2 saturated heterocycles. The van der Waals surface area contributed by atoms with Gasteiger partial charge >= 0.3 is 24.0 Å². The molecule has 2 amide bonds. The monoisotopic (exact) mass is 519 g/mol. The second-order valence-electron chi connectivity index (χ2n) is 8.93. The molecule has 0 aliphatic carbocycles. The molecular weight excluding hydrogens is 494 g/mol. The molecule has 0 aromatic heterocycles. The van der Waals surface area contributed by atoms with Crippen LogP contribution in [0.2, 0.25) is 0 Å². The molecule has 3 heterocycles. The Balaban J connectivity index is 1.49. The largest absolute Gasteiger partial charge is 0.481 e. The SMILES string of the molecule is C[C@H]1OC(=O)N2C(C(=O)O)=C(S[C@@H]3CN[C@H](C(=O)Nc4cccc(C(=O)O)c4)C3)[C@H](C)[C@@H]2[C@H]1C(=O)O. The first-order valence-corrected chi connectivity index (χ1v) is 12.1. The van der Waals surface area contributed by atoms with Gasteiger partial charge in [0.05, 0.1) is 17.6 Å². The summed E-state index contributed by atoms with van der Waals surface area (Å²) in [7, 11) is 0. The summed E-state index contributed by atoms with van der Waals surface area (Å²) >= 11 is 1.21. The van der Waals surface area contributed by atoms with Crippen molar-refractivity contribution in [1.29, 1.82) is 0 Å². The Bertz CT molecular complexity index is 1170. The van der Waals surface area contributed by atoms with E-state index in [0.29, 0.717) is 23.6 Å². The van der Waals surface area contributed by atoms with Crippen LogP contribution >= 0.6 is 11.8 Å². The van der Waals surface area contributed by atoms with Crippen molar-refractivity contribution >= 4 is 47.4 Å². The summed E-state index contributed by atoms with van der Waals surface area (Å²) < 4.78 is 5.15. The number of aromatic carboxylic acids is 1. The third-order valence-electron chi connectivity index (χ3n) is 6.62. The zero-order valence-corrected chi connectivity index (χ0v) is 20.2. The third kappa shape index (κ3) is 4.63. The van der Waals surface area contributed by atoms with E-state index in [4.69, 9.17) is 9.84 Å². The summed E-state index contributed by atoms with van der Waals surface area (Å²) in [5.74, 6) is -5.70. The number of aliphatic carboxylic acids is 2. The first-order chi connectivity index (χ1) is 17.0. The van der Waals surface area contributed by atoms with Crippen LogP contribution in [0, 0.1) is 11.8 Å². The van der Waals surface area contributed by atoms with Gasteiger partial charge < -0.3 is 30.7 Å². The number of nitrogens with one attached hydrogen (secondary N) is 2. The van der Waals surface area contributed by atoms with Gasteiger partial charge in [-0.1, -0.05) is 13.0 Å². The minimum absolute atomic E-state index is 0.0351. The fraction of sp³-hybridized carbons (Fsp3) is 0.435. The number of hydrogen-bond donors (Lipinski definition) is 5. The first kappa shape index (κ1) is 25.5. The highest BCUT2D eigenvalue weighted by molar-refractivity contribution is 8.03. The number of hydrogen-bond acceptors (Lipinski definition) is 8. The maximum absolute atomic E-state index is 12.7. The van der Waals surface area contributed by atoms with Crippen molar-refractivity contribution in [2.75, 3.05) is 11.9 Å². The molecule has 13 heteroatoms. The van der Waals surface area contributed by atoms with Gasteiger partial charge in [-0.2, -0.15) is 0 Å². The molecule has 12 nitrogen and oxygen atoms in total. The van der Waals surface area contributed by atoms with Crippen LogP contribution in [-0.2, 0) is 19.1 Å². The lowest BCUT2D eigenvalue weighted by molar-refractivity contribution is -0.153. The van der Waals surface area contributed by atoms with Gasteiger partial charge in [0.15, 0.2) is 0 Å². The lowest BCUT2D eigenvalue weighted by Gasteiger charge is -2.39. The number of carboxylic acids is 3. The standard InChI is InChI=1S/C23H25N3O9S/c1-9-16-15(21(30)31)10(2)35-23(34)26(16)17(22(32)33)18(9)36-13-7-14(24-8-13)19(27)25-12-5-3-4-11(6-12)20(28)29/h3-6,9-10,13-16,24H,7-8H2,1-2H3,(H,25,27)(H,28,29)(H,30,31)(H,32,33)/t9-,10-,13+,14+,15+,16-/m1/s1. The van der Waals surface area contributed by atoms with E-state index >= 15 is 0 Å². The predicted octanol–water partition coefficient (Wildman–Crippen LogP) is 1.64. The number of cyclic esters (lactones) is 1. The zero-order chi connectivity index (χ0) is 26.3. The molecular formula is C23H25N3O9S. The summed E-state index contributed by atoms with van der Waals surface area (Å²) in [5, 5.41) is 34.3. The highest BCUT2D eigenvalue weighted by Crippen LogP contribution is 2.48. The van der Waals surface area contributed by atoms with Crippen LogP contribution in [0.5, 0.6) is 0 Å². The highest BCUT2D eigenvalue weighted by atomic mass is 32.2. The average Bonchev–Trinajstić information content (AvgIpc) is 3.38. The predicted molar refractivity (Wildman–Crippen MR) is 126 cm³/mol. The van der Waals surface area contributed by atoms with Crippen molar-refractivity contribution < 1.29 is 44.0 Å². The molecule has 36 heavy (non-hydrogen) atoms. The van der Waals surface area contributed by atoms with Crippen LogP contribution in [-0.4, -0.2) is 80.1 Å². The van der Waals surface area contributed by atoms with E-state index in [1.807, 2.05) is 0 Å². The van der Waals surface area contributed by atoms with E-state index in [9.17, 15) is 34.2 Å². The molecule has 3 aliphatic rings. The molecule has 1 aromatic rings. The number of carbonyl (C=O) groups excluding carboxylic acids is 2. The van der Waals surface area contributed by atoms with Crippen LogP contribution in [0.25, 0.3) is 0 Å². The fourth-order valence-corrected chi connectivity index (χ4v) is 6.44. The second-order valence-corrected chi connectivity index (χ2v) is 10.3.